The lowest BCUT2D eigenvalue weighted by atomic mass is 10.2. The monoisotopic (exact) mass is 459 g/mol. The molecule has 0 heterocycles. The van der Waals surface area contributed by atoms with Crippen LogP contribution in [0.3, 0.4) is 0 Å². The van der Waals surface area contributed by atoms with Crippen LogP contribution in [0.1, 0.15) is 11.1 Å². The first kappa shape index (κ1) is 24.0. The SMILES string of the molecule is COc1ccc(/C=N\NC(=O)CN(c2cccc(C(F)(F)F)c2)S(C)(=O)=O)cc1OC. The predicted octanol–water partition coefficient (Wildman–Crippen LogP) is 2.64. The number of nitrogens with one attached hydrogen (secondary N) is 1. The van der Waals surface area contributed by atoms with Crippen LogP contribution in [0, 0.1) is 0 Å². The summed E-state index contributed by atoms with van der Waals surface area (Å²) in [6.45, 7) is -0.760. The lowest BCUT2D eigenvalue weighted by Gasteiger charge is -2.22. The third-order valence-corrected chi connectivity index (χ3v) is 5.10. The van der Waals surface area contributed by atoms with Gasteiger partial charge in [0.2, 0.25) is 10.0 Å². The molecular weight excluding hydrogens is 439 g/mol. The summed E-state index contributed by atoms with van der Waals surface area (Å²) >= 11 is 0. The van der Waals surface area contributed by atoms with Gasteiger partial charge in [0.15, 0.2) is 11.5 Å². The molecular formula is C19H20F3N3O5S. The Morgan fingerprint density at radius 3 is 2.39 bits per heavy atom. The van der Waals surface area contributed by atoms with Gasteiger partial charge in [-0.05, 0) is 42.0 Å². The predicted molar refractivity (Wildman–Crippen MR) is 109 cm³/mol. The van der Waals surface area contributed by atoms with Crippen LogP contribution in [-0.4, -0.2) is 47.6 Å². The number of alkyl halides is 3. The van der Waals surface area contributed by atoms with Crippen LogP contribution < -0.4 is 19.2 Å². The molecule has 2 aromatic rings. The van der Waals surface area contributed by atoms with E-state index < -0.39 is 34.2 Å². The summed E-state index contributed by atoms with van der Waals surface area (Å²) in [5.74, 6) is 0.0821. The molecule has 0 bridgehead atoms. The highest BCUT2D eigenvalue weighted by Crippen LogP contribution is 2.32. The molecule has 0 atom stereocenters. The zero-order chi connectivity index (χ0) is 23.2. The molecule has 0 saturated carbocycles. The molecule has 168 valence electrons. The quantitative estimate of drug-likeness (QED) is 0.484. The van der Waals surface area contributed by atoms with Crippen LogP contribution in [-0.2, 0) is 21.0 Å². The molecule has 0 aliphatic heterocycles. The second-order valence-corrected chi connectivity index (χ2v) is 8.13. The maximum absolute atomic E-state index is 12.9. The largest absolute Gasteiger partial charge is 0.493 e. The van der Waals surface area contributed by atoms with Gasteiger partial charge < -0.3 is 9.47 Å². The second-order valence-electron chi connectivity index (χ2n) is 6.23. The number of hydrazone groups is 1. The van der Waals surface area contributed by atoms with Crippen LogP contribution in [0.5, 0.6) is 11.5 Å². The van der Waals surface area contributed by atoms with E-state index in [0.717, 1.165) is 24.5 Å². The minimum Gasteiger partial charge on any atom is -0.493 e. The van der Waals surface area contributed by atoms with E-state index in [1.54, 1.807) is 18.2 Å². The van der Waals surface area contributed by atoms with Crippen molar-refractivity contribution in [1.29, 1.82) is 0 Å². The Labute approximate surface area is 177 Å². The van der Waals surface area contributed by atoms with E-state index in [9.17, 15) is 26.4 Å². The summed E-state index contributed by atoms with van der Waals surface area (Å²) in [5, 5.41) is 3.74. The summed E-state index contributed by atoms with van der Waals surface area (Å²) < 4.78 is 73.7. The molecule has 0 radical (unpaired) electrons. The number of carbonyl (C=O) groups is 1. The number of hydrogen-bond donors (Lipinski definition) is 1. The Hall–Kier alpha value is -3.28. The number of amides is 1. The molecule has 0 fully saturated rings. The number of nitrogens with zero attached hydrogens (tertiary/aromatic N) is 2. The molecule has 8 nitrogen and oxygen atoms in total. The Morgan fingerprint density at radius 2 is 1.81 bits per heavy atom. The first-order valence-electron chi connectivity index (χ1n) is 8.64. The standard InChI is InChI=1S/C19H20F3N3O5S/c1-29-16-8-7-13(9-17(16)30-2)11-23-24-18(26)12-25(31(3,27)28)15-6-4-5-14(10-15)19(20,21)22/h4-11H,12H2,1-3H3,(H,24,26)/b23-11-. The third-order valence-electron chi connectivity index (χ3n) is 3.96. The molecule has 2 rings (SSSR count). The minimum absolute atomic E-state index is 0.295. The van der Waals surface area contributed by atoms with Crippen molar-refractivity contribution in [3.63, 3.8) is 0 Å². The van der Waals surface area contributed by atoms with Crippen molar-refractivity contribution in [3.8, 4) is 11.5 Å². The van der Waals surface area contributed by atoms with Crippen molar-refractivity contribution in [2.24, 2.45) is 5.10 Å². The molecule has 2 aromatic carbocycles. The van der Waals surface area contributed by atoms with Gasteiger partial charge in [-0.3, -0.25) is 9.10 Å². The van der Waals surface area contributed by atoms with Crippen molar-refractivity contribution < 1.29 is 35.9 Å². The van der Waals surface area contributed by atoms with Crippen LogP contribution in [0.4, 0.5) is 18.9 Å². The Balaban J connectivity index is 2.15. The highest BCUT2D eigenvalue weighted by Gasteiger charge is 2.32. The number of hydrogen-bond acceptors (Lipinski definition) is 6. The molecule has 0 unspecified atom stereocenters. The smallest absolute Gasteiger partial charge is 0.416 e. The number of ether oxygens (including phenoxy) is 2. The molecule has 1 N–H and O–H groups in total. The number of methoxy groups -OCH3 is 2. The molecule has 31 heavy (non-hydrogen) atoms. The highest BCUT2D eigenvalue weighted by molar-refractivity contribution is 7.92. The lowest BCUT2D eigenvalue weighted by Crippen LogP contribution is -2.39. The molecule has 1 amide bonds. The van der Waals surface area contributed by atoms with Crippen LogP contribution in [0.15, 0.2) is 47.6 Å². The van der Waals surface area contributed by atoms with E-state index in [-0.39, 0.29) is 5.69 Å². The fraction of sp³-hybridized carbons (Fsp3) is 0.263. The number of rotatable bonds is 8. The molecule has 0 aromatic heterocycles. The zero-order valence-electron chi connectivity index (χ0n) is 16.8. The Morgan fingerprint density at radius 1 is 1.13 bits per heavy atom. The van der Waals surface area contributed by atoms with Crippen molar-refractivity contribution >= 4 is 27.8 Å². The van der Waals surface area contributed by atoms with Crippen molar-refractivity contribution in [3.05, 3.63) is 53.6 Å². The zero-order valence-corrected chi connectivity index (χ0v) is 17.6. The maximum Gasteiger partial charge on any atom is 0.416 e. The van der Waals surface area contributed by atoms with Crippen molar-refractivity contribution in [1.82, 2.24) is 5.43 Å². The van der Waals surface area contributed by atoms with Gasteiger partial charge in [0, 0.05) is 0 Å². The van der Waals surface area contributed by atoms with E-state index >= 15 is 0 Å². The van der Waals surface area contributed by atoms with E-state index in [2.05, 4.69) is 10.5 Å². The topological polar surface area (TPSA) is 97.3 Å². The summed E-state index contributed by atoms with van der Waals surface area (Å²) in [6, 6.07) is 8.54. The molecule has 0 aliphatic carbocycles. The fourth-order valence-electron chi connectivity index (χ4n) is 2.52. The van der Waals surface area contributed by atoms with Gasteiger partial charge in [0.25, 0.3) is 5.91 Å². The average molecular weight is 459 g/mol. The molecule has 0 aliphatic rings. The first-order chi connectivity index (χ1) is 14.5. The lowest BCUT2D eigenvalue weighted by molar-refractivity contribution is -0.137. The molecule has 12 heteroatoms. The van der Waals surface area contributed by atoms with E-state index in [4.69, 9.17) is 9.47 Å². The third kappa shape index (κ3) is 6.60. The summed E-state index contributed by atoms with van der Waals surface area (Å²) in [7, 11) is -1.12. The van der Waals surface area contributed by atoms with E-state index in [0.29, 0.717) is 27.4 Å². The van der Waals surface area contributed by atoms with Gasteiger partial charge >= 0.3 is 6.18 Å². The van der Waals surface area contributed by atoms with Gasteiger partial charge in [-0.25, -0.2) is 13.8 Å². The van der Waals surface area contributed by atoms with Crippen LogP contribution in [0.25, 0.3) is 0 Å². The maximum atomic E-state index is 12.9. The van der Waals surface area contributed by atoms with Gasteiger partial charge in [-0.2, -0.15) is 18.3 Å². The number of carbonyl (C=O) groups excluding carboxylic acids is 1. The van der Waals surface area contributed by atoms with Gasteiger partial charge in [-0.15, -0.1) is 0 Å². The number of sulfonamides is 1. The average Bonchev–Trinajstić information content (AvgIpc) is 2.70. The number of halogens is 3. The molecule has 0 spiro atoms. The Kier molecular flexibility index (Phi) is 7.50. The second kappa shape index (κ2) is 9.69. The normalized spacial score (nSPS) is 11.9. The van der Waals surface area contributed by atoms with Gasteiger partial charge in [0.05, 0.1) is 37.9 Å². The summed E-state index contributed by atoms with van der Waals surface area (Å²) in [6.07, 6.45) is -2.59. The fourth-order valence-corrected chi connectivity index (χ4v) is 3.36. The van der Waals surface area contributed by atoms with E-state index in [1.807, 2.05) is 0 Å². The van der Waals surface area contributed by atoms with Crippen LogP contribution >= 0.6 is 0 Å². The first-order valence-corrected chi connectivity index (χ1v) is 10.5. The van der Waals surface area contributed by atoms with Gasteiger partial charge in [0.1, 0.15) is 6.54 Å². The number of benzene rings is 2. The van der Waals surface area contributed by atoms with Gasteiger partial charge in [-0.1, -0.05) is 6.07 Å². The Bertz CT molecular complexity index is 1070. The van der Waals surface area contributed by atoms with Crippen molar-refractivity contribution in [2.75, 3.05) is 31.3 Å². The van der Waals surface area contributed by atoms with Crippen LogP contribution in [0.2, 0.25) is 0 Å². The van der Waals surface area contributed by atoms with Crippen molar-refractivity contribution in [2.45, 2.75) is 6.18 Å². The summed E-state index contributed by atoms with van der Waals surface area (Å²) in [5.41, 5.74) is 1.36. The molecule has 0 saturated heterocycles. The summed E-state index contributed by atoms with van der Waals surface area (Å²) in [4.78, 5) is 12.2. The van der Waals surface area contributed by atoms with E-state index in [1.165, 1.54) is 20.4 Å². The number of anilines is 1. The minimum atomic E-state index is -4.66. The highest BCUT2D eigenvalue weighted by atomic mass is 32.2.